The van der Waals surface area contributed by atoms with Crippen molar-refractivity contribution in [2.45, 2.75) is 6.61 Å². The number of nitro groups is 1. The Morgan fingerprint density at radius 3 is 2.55 bits per heavy atom. The van der Waals surface area contributed by atoms with E-state index >= 15 is 0 Å². The van der Waals surface area contributed by atoms with Crippen molar-refractivity contribution in [3.05, 3.63) is 46.1 Å². The molecule has 0 atom stereocenters. The van der Waals surface area contributed by atoms with E-state index in [9.17, 15) is 10.1 Å². The Hall–Kier alpha value is -2.54. The van der Waals surface area contributed by atoms with Crippen molar-refractivity contribution in [3.63, 3.8) is 0 Å². The van der Waals surface area contributed by atoms with Crippen LogP contribution in [0, 0.1) is 10.1 Å². The summed E-state index contributed by atoms with van der Waals surface area (Å²) >= 11 is 0. The van der Waals surface area contributed by atoms with Crippen LogP contribution in [0.2, 0.25) is 0 Å². The second-order valence-electron chi connectivity index (χ2n) is 4.06. The zero-order valence-corrected chi connectivity index (χ0v) is 11.2. The van der Waals surface area contributed by atoms with E-state index in [-0.39, 0.29) is 5.69 Å². The standard InChI is InChI=1S/C13H14N4O3/c1-14-12-7-10(8-20-2)15-13(16-12)9-3-5-11(6-4-9)17(18)19/h3-7H,8H2,1-2H3,(H,14,15,16). The molecule has 1 heterocycles. The summed E-state index contributed by atoms with van der Waals surface area (Å²) in [6, 6.07) is 7.91. The van der Waals surface area contributed by atoms with Crippen LogP contribution < -0.4 is 5.32 Å². The van der Waals surface area contributed by atoms with Crippen molar-refractivity contribution < 1.29 is 9.66 Å². The van der Waals surface area contributed by atoms with Gasteiger partial charge >= 0.3 is 0 Å². The number of hydrogen-bond donors (Lipinski definition) is 1. The van der Waals surface area contributed by atoms with E-state index in [2.05, 4.69) is 15.3 Å². The van der Waals surface area contributed by atoms with E-state index in [1.165, 1.54) is 12.1 Å². The van der Waals surface area contributed by atoms with Crippen LogP contribution in [0.25, 0.3) is 11.4 Å². The third-order valence-corrected chi connectivity index (χ3v) is 2.66. The number of methoxy groups -OCH3 is 1. The van der Waals surface area contributed by atoms with Crippen LogP contribution in [0.3, 0.4) is 0 Å². The number of ether oxygens (including phenoxy) is 1. The fourth-order valence-electron chi connectivity index (χ4n) is 1.71. The number of benzene rings is 1. The largest absolute Gasteiger partial charge is 0.378 e. The van der Waals surface area contributed by atoms with Crippen molar-refractivity contribution in [1.29, 1.82) is 0 Å². The molecule has 1 aromatic heterocycles. The van der Waals surface area contributed by atoms with E-state index in [1.54, 1.807) is 32.4 Å². The van der Waals surface area contributed by atoms with Gasteiger partial charge in [0.25, 0.3) is 5.69 Å². The van der Waals surface area contributed by atoms with Gasteiger partial charge < -0.3 is 10.1 Å². The number of non-ortho nitro benzene ring substituents is 1. The number of nitrogens with zero attached hydrogens (tertiary/aromatic N) is 3. The van der Waals surface area contributed by atoms with Crippen LogP contribution in [0.5, 0.6) is 0 Å². The molecule has 2 rings (SSSR count). The first-order valence-corrected chi connectivity index (χ1v) is 5.93. The highest BCUT2D eigenvalue weighted by atomic mass is 16.6. The molecule has 0 amide bonds. The molecule has 7 nitrogen and oxygen atoms in total. The molecule has 0 saturated carbocycles. The molecule has 0 unspecified atom stereocenters. The molecule has 0 spiro atoms. The highest BCUT2D eigenvalue weighted by molar-refractivity contribution is 5.59. The van der Waals surface area contributed by atoms with Gasteiger partial charge in [-0.05, 0) is 12.1 Å². The average molecular weight is 274 g/mol. The van der Waals surface area contributed by atoms with Crippen molar-refractivity contribution >= 4 is 11.5 Å². The molecule has 104 valence electrons. The first-order valence-electron chi connectivity index (χ1n) is 5.93. The van der Waals surface area contributed by atoms with Crippen LogP contribution in [-0.4, -0.2) is 29.0 Å². The Kier molecular flexibility index (Phi) is 4.21. The third kappa shape index (κ3) is 3.07. The lowest BCUT2D eigenvalue weighted by Crippen LogP contribution is -2.02. The van der Waals surface area contributed by atoms with Gasteiger partial charge in [-0.3, -0.25) is 10.1 Å². The third-order valence-electron chi connectivity index (χ3n) is 2.66. The molecular weight excluding hydrogens is 260 g/mol. The zero-order chi connectivity index (χ0) is 14.5. The van der Waals surface area contributed by atoms with Crippen molar-refractivity contribution in [2.75, 3.05) is 19.5 Å². The smallest absolute Gasteiger partial charge is 0.269 e. The SMILES string of the molecule is CNc1cc(COC)nc(-c2ccc([N+](=O)[O-])cc2)n1. The molecule has 0 radical (unpaired) electrons. The molecular formula is C13H14N4O3. The van der Waals surface area contributed by atoms with Crippen LogP contribution in [0.1, 0.15) is 5.69 Å². The van der Waals surface area contributed by atoms with Gasteiger partial charge in [0.05, 0.1) is 17.2 Å². The maximum absolute atomic E-state index is 10.6. The summed E-state index contributed by atoms with van der Waals surface area (Å²) in [4.78, 5) is 18.9. The van der Waals surface area contributed by atoms with Gasteiger partial charge in [0.2, 0.25) is 0 Å². The summed E-state index contributed by atoms with van der Waals surface area (Å²) in [7, 11) is 3.35. The lowest BCUT2D eigenvalue weighted by atomic mass is 10.2. The quantitative estimate of drug-likeness (QED) is 0.664. The Morgan fingerprint density at radius 2 is 2.00 bits per heavy atom. The molecule has 7 heteroatoms. The van der Waals surface area contributed by atoms with Crippen LogP contribution in [0.15, 0.2) is 30.3 Å². The normalized spacial score (nSPS) is 10.3. The van der Waals surface area contributed by atoms with E-state index in [0.29, 0.717) is 23.8 Å². The first kappa shape index (κ1) is 13.9. The van der Waals surface area contributed by atoms with Crippen LogP contribution >= 0.6 is 0 Å². The topological polar surface area (TPSA) is 90.2 Å². The summed E-state index contributed by atoms with van der Waals surface area (Å²) in [6.07, 6.45) is 0. The predicted molar refractivity (Wildman–Crippen MR) is 74.4 cm³/mol. The predicted octanol–water partition coefficient (Wildman–Crippen LogP) is 2.24. The molecule has 2 aromatic rings. The molecule has 0 aliphatic heterocycles. The molecule has 1 N–H and O–H groups in total. The average Bonchev–Trinajstić information content (AvgIpc) is 2.47. The minimum atomic E-state index is -0.439. The minimum absolute atomic E-state index is 0.0376. The summed E-state index contributed by atoms with van der Waals surface area (Å²) in [5, 5.41) is 13.6. The number of nitrogens with one attached hydrogen (secondary N) is 1. The summed E-state index contributed by atoms with van der Waals surface area (Å²) in [5.74, 6) is 1.17. The fraction of sp³-hybridized carbons (Fsp3) is 0.231. The molecule has 0 fully saturated rings. The van der Waals surface area contributed by atoms with Gasteiger partial charge in [0.1, 0.15) is 5.82 Å². The van der Waals surface area contributed by atoms with Crippen LogP contribution in [-0.2, 0) is 11.3 Å². The number of rotatable bonds is 5. The molecule has 20 heavy (non-hydrogen) atoms. The van der Waals surface area contributed by atoms with Gasteiger partial charge in [0.15, 0.2) is 5.82 Å². The van der Waals surface area contributed by atoms with E-state index in [1.807, 2.05) is 0 Å². The van der Waals surface area contributed by atoms with Crippen molar-refractivity contribution in [1.82, 2.24) is 9.97 Å². The summed E-state index contributed by atoms with van der Waals surface area (Å²) in [5.41, 5.74) is 1.49. The van der Waals surface area contributed by atoms with Gasteiger partial charge in [-0.25, -0.2) is 9.97 Å². The number of aromatic nitrogens is 2. The van der Waals surface area contributed by atoms with Gasteiger partial charge in [0, 0.05) is 37.9 Å². The van der Waals surface area contributed by atoms with Crippen molar-refractivity contribution in [2.24, 2.45) is 0 Å². The Labute approximate surface area is 115 Å². The number of hydrogen-bond acceptors (Lipinski definition) is 6. The molecule has 0 bridgehead atoms. The first-order chi connectivity index (χ1) is 9.63. The van der Waals surface area contributed by atoms with E-state index in [4.69, 9.17) is 4.74 Å². The number of nitro benzene ring substituents is 1. The van der Waals surface area contributed by atoms with E-state index in [0.717, 1.165) is 5.69 Å². The fourth-order valence-corrected chi connectivity index (χ4v) is 1.71. The molecule has 0 aliphatic rings. The maximum atomic E-state index is 10.6. The molecule has 0 aliphatic carbocycles. The Morgan fingerprint density at radius 1 is 1.30 bits per heavy atom. The van der Waals surface area contributed by atoms with Gasteiger partial charge in [-0.2, -0.15) is 0 Å². The second kappa shape index (κ2) is 6.07. The highest BCUT2D eigenvalue weighted by Gasteiger charge is 2.09. The highest BCUT2D eigenvalue weighted by Crippen LogP contribution is 2.21. The van der Waals surface area contributed by atoms with Gasteiger partial charge in [-0.1, -0.05) is 0 Å². The molecule has 0 saturated heterocycles. The zero-order valence-electron chi connectivity index (χ0n) is 11.2. The van der Waals surface area contributed by atoms with Gasteiger partial charge in [-0.15, -0.1) is 0 Å². The Bertz CT molecular complexity index is 614. The van der Waals surface area contributed by atoms with Crippen LogP contribution in [0.4, 0.5) is 11.5 Å². The van der Waals surface area contributed by atoms with E-state index < -0.39 is 4.92 Å². The minimum Gasteiger partial charge on any atom is -0.378 e. The Balaban J connectivity index is 2.40. The molecule has 1 aromatic carbocycles. The second-order valence-corrected chi connectivity index (χ2v) is 4.06. The lowest BCUT2D eigenvalue weighted by molar-refractivity contribution is -0.384. The maximum Gasteiger partial charge on any atom is 0.269 e. The van der Waals surface area contributed by atoms with Crippen molar-refractivity contribution in [3.8, 4) is 11.4 Å². The number of anilines is 1. The summed E-state index contributed by atoms with van der Waals surface area (Å²) in [6.45, 7) is 0.372. The monoisotopic (exact) mass is 274 g/mol. The lowest BCUT2D eigenvalue weighted by Gasteiger charge is -2.07. The summed E-state index contributed by atoms with van der Waals surface area (Å²) < 4.78 is 5.06.